The van der Waals surface area contributed by atoms with Crippen molar-refractivity contribution >= 4 is 0 Å². The highest BCUT2D eigenvalue weighted by molar-refractivity contribution is 5.47. The van der Waals surface area contributed by atoms with E-state index in [-0.39, 0.29) is 36.9 Å². The fraction of sp³-hybridized carbons (Fsp3) is 0.455. The third-order valence-electron chi connectivity index (χ3n) is 5.37. The Morgan fingerprint density at radius 1 is 0.688 bits per heavy atom. The molecular formula is C22H20F6O4. The smallest absolute Gasteiger partial charge is 0.411 e. The maximum Gasteiger partial charge on any atom is 0.411 e. The minimum Gasteiger partial charge on any atom is -0.493 e. The fourth-order valence-electron chi connectivity index (χ4n) is 3.48. The van der Waals surface area contributed by atoms with E-state index in [0.29, 0.717) is 19.6 Å². The SMILES string of the molecule is FC(F)(F)C(c1ccc(OCCC2CO2)cc1)(c1ccc(OCC2CO2)cc1)C(F)(F)F. The molecular weight excluding hydrogens is 442 g/mol. The van der Waals surface area contributed by atoms with E-state index >= 15 is 0 Å². The normalized spacial score (nSPS) is 20.7. The minimum absolute atomic E-state index is 0.0983. The van der Waals surface area contributed by atoms with Gasteiger partial charge in [0.2, 0.25) is 5.41 Å². The zero-order valence-electron chi connectivity index (χ0n) is 16.7. The van der Waals surface area contributed by atoms with Gasteiger partial charge in [-0.1, -0.05) is 24.3 Å². The molecule has 2 aliphatic rings. The Bertz CT molecular complexity index is 886. The van der Waals surface area contributed by atoms with E-state index in [4.69, 9.17) is 18.9 Å². The van der Waals surface area contributed by atoms with Crippen LogP contribution < -0.4 is 9.47 Å². The molecule has 4 nitrogen and oxygen atoms in total. The summed E-state index contributed by atoms with van der Waals surface area (Å²) in [5.74, 6) is 0.338. The van der Waals surface area contributed by atoms with Crippen LogP contribution in [0.1, 0.15) is 17.5 Å². The van der Waals surface area contributed by atoms with Gasteiger partial charge in [0.15, 0.2) is 0 Å². The molecule has 32 heavy (non-hydrogen) atoms. The van der Waals surface area contributed by atoms with Crippen LogP contribution in [0.4, 0.5) is 26.3 Å². The van der Waals surface area contributed by atoms with Crippen LogP contribution in [0.5, 0.6) is 11.5 Å². The average molecular weight is 462 g/mol. The number of epoxide rings is 2. The monoisotopic (exact) mass is 462 g/mol. The Morgan fingerprint density at radius 2 is 1.12 bits per heavy atom. The lowest BCUT2D eigenvalue weighted by Gasteiger charge is -2.38. The quantitative estimate of drug-likeness (QED) is 0.387. The number of rotatable bonds is 9. The van der Waals surface area contributed by atoms with Crippen LogP contribution in [0.25, 0.3) is 0 Å². The molecule has 0 radical (unpaired) electrons. The Hall–Kier alpha value is -2.46. The zero-order chi connectivity index (χ0) is 23.0. The van der Waals surface area contributed by atoms with Crippen LogP contribution in [0, 0.1) is 0 Å². The highest BCUT2D eigenvalue weighted by Crippen LogP contribution is 2.56. The second-order valence-electron chi connectivity index (χ2n) is 7.65. The van der Waals surface area contributed by atoms with Crippen molar-refractivity contribution in [1.82, 2.24) is 0 Å². The number of halogens is 6. The minimum atomic E-state index is -5.65. The number of hydrogen-bond acceptors (Lipinski definition) is 4. The molecule has 0 aromatic heterocycles. The first kappa shape index (κ1) is 22.7. The molecule has 0 spiro atoms. The molecule has 2 fully saturated rings. The molecule has 2 aromatic rings. The number of alkyl halides is 6. The van der Waals surface area contributed by atoms with E-state index < -0.39 is 28.9 Å². The number of hydrogen-bond donors (Lipinski definition) is 0. The van der Waals surface area contributed by atoms with Crippen molar-refractivity contribution in [3.63, 3.8) is 0 Å². The van der Waals surface area contributed by atoms with Crippen LogP contribution in [-0.4, -0.2) is 51.0 Å². The zero-order valence-corrected chi connectivity index (χ0v) is 16.7. The van der Waals surface area contributed by atoms with E-state index in [1.807, 2.05) is 0 Å². The molecule has 2 saturated heterocycles. The van der Waals surface area contributed by atoms with Crippen LogP contribution in [0.3, 0.4) is 0 Å². The summed E-state index contributed by atoms with van der Waals surface area (Å²) < 4.78 is 106. The van der Waals surface area contributed by atoms with Crippen molar-refractivity contribution in [2.45, 2.75) is 36.4 Å². The standard InChI is InChI=1S/C22H20F6O4/c23-21(24,25)20(22(26,27)28,15-3-7-17(8-4-15)30-12-19-13-32-19)14-1-5-16(6-2-14)29-10-9-18-11-31-18/h1-8,18-19H,9-13H2. The summed E-state index contributed by atoms with van der Waals surface area (Å²) in [5.41, 5.74) is -6.11. The van der Waals surface area contributed by atoms with E-state index in [1.165, 1.54) is 0 Å². The van der Waals surface area contributed by atoms with Gasteiger partial charge in [-0.2, -0.15) is 26.3 Å². The second-order valence-corrected chi connectivity index (χ2v) is 7.65. The molecule has 2 heterocycles. The van der Waals surface area contributed by atoms with Gasteiger partial charge in [-0.15, -0.1) is 0 Å². The molecule has 0 amide bonds. The van der Waals surface area contributed by atoms with Gasteiger partial charge in [-0.05, 0) is 35.4 Å². The van der Waals surface area contributed by atoms with Gasteiger partial charge in [-0.3, -0.25) is 0 Å². The molecule has 2 atom stereocenters. The van der Waals surface area contributed by atoms with Gasteiger partial charge < -0.3 is 18.9 Å². The Balaban J connectivity index is 1.64. The van der Waals surface area contributed by atoms with Gasteiger partial charge in [0.05, 0.1) is 25.9 Å². The van der Waals surface area contributed by atoms with Gasteiger partial charge in [0.1, 0.15) is 24.2 Å². The van der Waals surface area contributed by atoms with Crippen molar-refractivity contribution in [1.29, 1.82) is 0 Å². The molecule has 0 saturated carbocycles. The summed E-state index contributed by atoms with van der Waals surface area (Å²) >= 11 is 0. The van der Waals surface area contributed by atoms with Crippen LogP contribution in [0.15, 0.2) is 48.5 Å². The first-order valence-electron chi connectivity index (χ1n) is 9.94. The summed E-state index contributed by atoms with van der Waals surface area (Å²) in [5, 5.41) is 0. The van der Waals surface area contributed by atoms with E-state index in [0.717, 1.165) is 48.5 Å². The lowest BCUT2D eigenvalue weighted by atomic mass is 9.73. The molecule has 0 bridgehead atoms. The van der Waals surface area contributed by atoms with Crippen LogP contribution >= 0.6 is 0 Å². The van der Waals surface area contributed by atoms with Gasteiger partial charge in [-0.25, -0.2) is 0 Å². The molecule has 4 rings (SSSR count). The number of benzene rings is 2. The predicted molar refractivity (Wildman–Crippen MR) is 101 cm³/mol. The molecule has 10 heteroatoms. The molecule has 2 aromatic carbocycles. The second kappa shape index (κ2) is 8.47. The Morgan fingerprint density at radius 3 is 1.53 bits per heavy atom. The first-order chi connectivity index (χ1) is 15.1. The molecule has 2 unspecified atom stereocenters. The summed E-state index contributed by atoms with van der Waals surface area (Å²) in [6, 6.07) is 7.62. The summed E-state index contributed by atoms with van der Waals surface area (Å²) in [4.78, 5) is 0. The van der Waals surface area contributed by atoms with Gasteiger partial charge in [0.25, 0.3) is 0 Å². The highest BCUT2D eigenvalue weighted by Gasteiger charge is 2.72. The maximum atomic E-state index is 14.2. The Kier molecular flexibility index (Phi) is 6.02. The lowest BCUT2D eigenvalue weighted by Crippen LogP contribution is -2.54. The van der Waals surface area contributed by atoms with Crippen LogP contribution in [0.2, 0.25) is 0 Å². The maximum absolute atomic E-state index is 14.2. The number of ether oxygens (including phenoxy) is 4. The summed E-state index contributed by atoms with van der Waals surface area (Å²) in [6.45, 7) is 1.57. The van der Waals surface area contributed by atoms with Crippen molar-refractivity contribution < 1.29 is 45.3 Å². The summed E-state index contributed by atoms with van der Waals surface area (Å²) in [6.07, 6.45) is -10.7. The summed E-state index contributed by atoms with van der Waals surface area (Å²) in [7, 11) is 0. The largest absolute Gasteiger partial charge is 0.493 e. The molecule has 0 N–H and O–H groups in total. The van der Waals surface area contributed by atoms with Crippen molar-refractivity contribution in [3.05, 3.63) is 59.7 Å². The average Bonchev–Trinajstić information content (AvgIpc) is 3.62. The molecule has 0 aliphatic carbocycles. The molecule has 2 aliphatic heterocycles. The van der Waals surface area contributed by atoms with Crippen molar-refractivity contribution in [2.75, 3.05) is 26.4 Å². The van der Waals surface area contributed by atoms with E-state index in [1.54, 1.807) is 0 Å². The lowest BCUT2D eigenvalue weighted by molar-refractivity contribution is -0.288. The van der Waals surface area contributed by atoms with Crippen molar-refractivity contribution in [2.24, 2.45) is 0 Å². The predicted octanol–water partition coefficient (Wildman–Crippen LogP) is 5.04. The third-order valence-corrected chi connectivity index (χ3v) is 5.37. The Labute approximate surface area is 180 Å². The van der Waals surface area contributed by atoms with E-state index in [9.17, 15) is 26.3 Å². The fourth-order valence-corrected chi connectivity index (χ4v) is 3.48. The topological polar surface area (TPSA) is 43.5 Å². The van der Waals surface area contributed by atoms with Gasteiger partial charge >= 0.3 is 12.4 Å². The third kappa shape index (κ3) is 4.66. The highest BCUT2D eigenvalue weighted by atomic mass is 19.4. The van der Waals surface area contributed by atoms with E-state index in [2.05, 4.69) is 0 Å². The van der Waals surface area contributed by atoms with Crippen molar-refractivity contribution in [3.8, 4) is 11.5 Å². The van der Waals surface area contributed by atoms with Crippen LogP contribution in [-0.2, 0) is 14.9 Å². The first-order valence-corrected chi connectivity index (χ1v) is 9.94. The van der Waals surface area contributed by atoms with Gasteiger partial charge in [0, 0.05) is 6.42 Å². The molecule has 174 valence electrons.